The Labute approximate surface area is 193 Å². The summed E-state index contributed by atoms with van der Waals surface area (Å²) in [5.41, 5.74) is 4.11. The van der Waals surface area contributed by atoms with Crippen molar-refractivity contribution in [2.45, 2.75) is 6.54 Å². The number of nitrogens with zero attached hydrogens (tertiary/aromatic N) is 1. The van der Waals surface area contributed by atoms with Gasteiger partial charge in [0.25, 0.3) is 0 Å². The van der Waals surface area contributed by atoms with Crippen molar-refractivity contribution in [2.75, 3.05) is 24.7 Å². The van der Waals surface area contributed by atoms with Crippen LogP contribution in [0.5, 0.6) is 5.75 Å². The predicted octanol–water partition coefficient (Wildman–Crippen LogP) is 4.14. The zero-order valence-corrected chi connectivity index (χ0v) is 18.9. The van der Waals surface area contributed by atoms with Crippen LogP contribution in [0.2, 0.25) is 0 Å². The van der Waals surface area contributed by atoms with Gasteiger partial charge in [0.05, 0.1) is 18.6 Å². The zero-order chi connectivity index (χ0) is 23.7. The van der Waals surface area contributed by atoms with Gasteiger partial charge in [-0.05, 0) is 59.3 Å². The average Bonchev–Trinajstić information content (AvgIpc) is 2.82. The minimum absolute atomic E-state index is 0.107. The maximum atomic E-state index is 12.9. The maximum Gasteiger partial charge on any atom is 0.304 e. The molecule has 7 nitrogen and oxygen atoms in total. The van der Waals surface area contributed by atoms with E-state index >= 15 is 0 Å². The van der Waals surface area contributed by atoms with Crippen molar-refractivity contribution in [1.29, 1.82) is 5.41 Å². The lowest BCUT2D eigenvalue weighted by molar-refractivity contribution is 0.415. The number of halogens is 1. The lowest BCUT2D eigenvalue weighted by atomic mass is 9.99. The van der Waals surface area contributed by atoms with E-state index in [1.807, 2.05) is 48.5 Å². The number of anilines is 1. The number of allylic oxidation sites excluding steroid dienone is 1. The summed E-state index contributed by atoms with van der Waals surface area (Å²) >= 11 is 0. The number of benzene rings is 2. The molecule has 172 valence electrons. The fourth-order valence-corrected chi connectivity index (χ4v) is 3.45. The molecule has 0 amide bonds. The van der Waals surface area contributed by atoms with Crippen molar-refractivity contribution in [3.8, 4) is 16.9 Å². The smallest absolute Gasteiger partial charge is 0.304 e. The Hall–Kier alpha value is -3.72. The van der Waals surface area contributed by atoms with E-state index in [9.17, 15) is 12.3 Å². The number of nitrogens with one attached hydrogen (secondary N) is 3. The Morgan fingerprint density at radius 3 is 2.58 bits per heavy atom. The molecule has 2 aromatic carbocycles. The summed E-state index contributed by atoms with van der Waals surface area (Å²) in [4.78, 5) is 4.06. The summed E-state index contributed by atoms with van der Waals surface area (Å²) < 4.78 is 39.8. The number of hydrogen-bond acceptors (Lipinski definition) is 7. The molecule has 9 heteroatoms. The molecule has 0 saturated carbocycles. The third-order valence-electron chi connectivity index (χ3n) is 4.79. The minimum Gasteiger partial charge on any atom is -0.497 e. The fraction of sp³-hybridized carbons (Fsp3) is 0.167. The number of hydrogen-bond donors (Lipinski definition) is 3. The van der Waals surface area contributed by atoms with E-state index in [4.69, 9.17) is 10.1 Å². The lowest BCUT2D eigenvalue weighted by Gasteiger charge is -2.14. The second-order valence-electron chi connectivity index (χ2n) is 7.15. The van der Waals surface area contributed by atoms with Gasteiger partial charge in [0.1, 0.15) is 5.75 Å². The lowest BCUT2D eigenvalue weighted by Crippen LogP contribution is -2.14. The molecule has 3 rings (SSSR count). The van der Waals surface area contributed by atoms with Gasteiger partial charge in [-0.1, -0.05) is 24.3 Å². The summed E-state index contributed by atoms with van der Waals surface area (Å²) in [6.07, 6.45) is 6.74. The van der Waals surface area contributed by atoms with Gasteiger partial charge < -0.3 is 20.8 Å². The quantitative estimate of drug-likeness (QED) is 0.289. The largest absolute Gasteiger partial charge is 0.497 e. The Kier molecular flexibility index (Phi) is 8.15. The third-order valence-corrected chi connectivity index (χ3v) is 5.48. The maximum absolute atomic E-state index is 12.9. The number of aromatic nitrogens is 1. The molecule has 1 heterocycles. The van der Waals surface area contributed by atoms with Crippen LogP contribution < -0.4 is 15.4 Å². The molecule has 0 bridgehead atoms. The van der Waals surface area contributed by atoms with Gasteiger partial charge in [0.15, 0.2) is 0 Å². The Morgan fingerprint density at radius 1 is 1.15 bits per heavy atom. The highest BCUT2D eigenvalue weighted by Gasteiger charge is 2.11. The molecule has 0 aliphatic rings. The second kappa shape index (κ2) is 11.2. The van der Waals surface area contributed by atoms with E-state index in [2.05, 4.69) is 15.6 Å². The monoisotopic (exact) mass is 468 g/mol. The van der Waals surface area contributed by atoms with Crippen LogP contribution >= 0.6 is 0 Å². The molecule has 1 aromatic heterocycles. The van der Waals surface area contributed by atoms with Gasteiger partial charge in [-0.25, -0.2) is 0 Å². The molecule has 33 heavy (non-hydrogen) atoms. The van der Waals surface area contributed by atoms with Gasteiger partial charge in [-0.3, -0.25) is 4.98 Å². The van der Waals surface area contributed by atoms with E-state index in [-0.39, 0.29) is 12.3 Å². The molecule has 0 unspecified atom stereocenters. The Morgan fingerprint density at radius 2 is 1.91 bits per heavy atom. The summed E-state index contributed by atoms with van der Waals surface area (Å²) in [6, 6.07) is 16.8. The van der Waals surface area contributed by atoms with E-state index < -0.39 is 16.0 Å². The summed E-state index contributed by atoms with van der Waals surface area (Å²) in [5.74, 6) is 0.0859. The first kappa shape index (κ1) is 23.9. The van der Waals surface area contributed by atoms with Gasteiger partial charge in [0.2, 0.25) is 0 Å². The van der Waals surface area contributed by atoms with Crippen LogP contribution in [0.1, 0.15) is 11.1 Å². The van der Waals surface area contributed by atoms with Crippen LogP contribution in [-0.4, -0.2) is 38.5 Å². The van der Waals surface area contributed by atoms with E-state index in [0.29, 0.717) is 17.8 Å². The molecule has 0 radical (unpaired) electrons. The Balaban J connectivity index is 1.80. The number of methoxy groups -OCH3 is 1. The standard InChI is InChI=1S/C24H25FN4O3S/c1-32-21-7-4-19(5-8-21)20-6-9-24(29-13-14-33(25,30)31)22(15-20)23(26)10-12-28-17-18-3-2-11-27-16-18/h2-12,15-16,26,28-29H,13-14,17H2,1H3/b12-10-,26-23?. The normalized spacial score (nSPS) is 11.3. The molecule has 0 saturated heterocycles. The topological polar surface area (TPSA) is 104 Å². The van der Waals surface area contributed by atoms with Crippen molar-refractivity contribution in [1.82, 2.24) is 10.3 Å². The molecular formula is C24H25FN4O3S. The van der Waals surface area contributed by atoms with Crippen molar-refractivity contribution >= 4 is 21.6 Å². The van der Waals surface area contributed by atoms with Crippen molar-refractivity contribution in [3.63, 3.8) is 0 Å². The SMILES string of the molecule is COc1ccc(-c2ccc(NCCS(=O)(=O)F)c(C(=N)/C=C\NCc3cccnc3)c2)cc1. The van der Waals surface area contributed by atoms with Crippen LogP contribution in [0.15, 0.2) is 79.3 Å². The molecule has 0 fully saturated rings. The summed E-state index contributed by atoms with van der Waals surface area (Å²) in [5, 5.41) is 14.6. The molecule has 3 N–H and O–H groups in total. The number of pyridine rings is 1. The molecule has 3 aromatic rings. The average molecular weight is 469 g/mol. The summed E-state index contributed by atoms with van der Waals surface area (Å²) in [7, 11) is -2.99. The van der Waals surface area contributed by atoms with Crippen molar-refractivity contribution < 1.29 is 17.0 Å². The van der Waals surface area contributed by atoms with Crippen LogP contribution in [-0.2, 0) is 16.8 Å². The van der Waals surface area contributed by atoms with Gasteiger partial charge >= 0.3 is 10.2 Å². The van der Waals surface area contributed by atoms with E-state index in [1.165, 1.54) is 0 Å². The molecule has 0 atom stereocenters. The summed E-state index contributed by atoms with van der Waals surface area (Å²) in [6.45, 7) is 0.451. The highest BCUT2D eigenvalue weighted by Crippen LogP contribution is 2.27. The van der Waals surface area contributed by atoms with Crippen LogP contribution in [0.3, 0.4) is 0 Å². The first-order valence-electron chi connectivity index (χ1n) is 10.2. The van der Waals surface area contributed by atoms with Gasteiger partial charge in [0, 0.05) is 36.7 Å². The van der Waals surface area contributed by atoms with Crippen LogP contribution in [0, 0.1) is 5.41 Å². The number of ether oxygens (including phenoxy) is 1. The highest BCUT2D eigenvalue weighted by atomic mass is 32.3. The zero-order valence-electron chi connectivity index (χ0n) is 18.1. The van der Waals surface area contributed by atoms with Gasteiger partial charge in [-0.15, -0.1) is 3.89 Å². The minimum atomic E-state index is -4.59. The molecular weight excluding hydrogens is 443 g/mol. The molecule has 0 aliphatic carbocycles. The van der Waals surface area contributed by atoms with Crippen LogP contribution in [0.25, 0.3) is 11.1 Å². The van der Waals surface area contributed by atoms with E-state index in [1.54, 1.807) is 37.8 Å². The molecule has 0 spiro atoms. The fourth-order valence-electron chi connectivity index (χ4n) is 3.10. The first-order chi connectivity index (χ1) is 15.9. The number of rotatable bonds is 11. The Bertz CT molecular complexity index is 1210. The highest BCUT2D eigenvalue weighted by molar-refractivity contribution is 7.86. The van der Waals surface area contributed by atoms with E-state index in [0.717, 1.165) is 22.4 Å². The first-order valence-corrected chi connectivity index (χ1v) is 11.7. The van der Waals surface area contributed by atoms with Crippen molar-refractivity contribution in [2.24, 2.45) is 0 Å². The molecule has 0 aliphatic heterocycles. The van der Waals surface area contributed by atoms with Gasteiger partial charge in [-0.2, -0.15) is 8.42 Å². The van der Waals surface area contributed by atoms with Crippen LogP contribution in [0.4, 0.5) is 9.57 Å². The van der Waals surface area contributed by atoms with Crippen molar-refractivity contribution in [3.05, 3.63) is 90.4 Å². The predicted molar refractivity (Wildman–Crippen MR) is 129 cm³/mol. The third kappa shape index (κ3) is 7.43. The second-order valence-corrected chi connectivity index (χ2v) is 8.63.